The number of carbonyl (C=O) groups is 3. The number of aliphatic hydroxyl groups is 1. The summed E-state index contributed by atoms with van der Waals surface area (Å²) < 4.78 is 5.57. The standard InChI is InChI=1S/C30H23N3O9/c1-11-19(29(39)40)28(42-3)12-8-9-33(2)18(31)7-6-17-30(11,41)24(12)13-10-16(36)22-23(25(13)32-17)27(38)21-15(35)5-4-14(34)20(21)26(22)37/h4-5,10-12,17,24,31-32,34-36,41H,1-3H3,(H,39,40)/t11-,12-,17-,24-,30-/m0/s1. The van der Waals surface area contributed by atoms with Crippen LogP contribution in [0.1, 0.15) is 50.2 Å². The minimum atomic E-state index is -2.04. The van der Waals surface area contributed by atoms with Crippen molar-refractivity contribution in [3.63, 3.8) is 0 Å². The number of hydrogen-bond donors (Lipinski definition) is 7. The molecule has 0 aromatic heterocycles. The number of phenolic OH excluding ortho intramolecular Hbond substituents is 3. The van der Waals surface area contributed by atoms with Crippen molar-refractivity contribution in [3.8, 4) is 41.1 Å². The third kappa shape index (κ3) is 3.24. The summed E-state index contributed by atoms with van der Waals surface area (Å²) in [5.41, 5.74) is -3.85. The first kappa shape index (κ1) is 26.7. The first-order chi connectivity index (χ1) is 19.8. The van der Waals surface area contributed by atoms with Gasteiger partial charge in [-0.2, -0.15) is 0 Å². The van der Waals surface area contributed by atoms with Gasteiger partial charge in [0.25, 0.3) is 0 Å². The molecule has 0 spiro atoms. The van der Waals surface area contributed by atoms with Crippen molar-refractivity contribution in [2.45, 2.75) is 24.5 Å². The normalized spacial score (nSPS) is 26.9. The zero-order valence-corrected chi connectivity index (χ0v) is 22.4. The van der Waals surface area contributed by atoms with Gasteiger partial charge in [0.15, 0.2) is 5.84 Å². The van der Waals surface area contributed by atoms with Crippen molar-refractivity contribution in [2.75, 3.05) is 19.5 Å². The maximum absolute atomic E-state index is 13.9. The number of methoxy groups -OCH3 is 1. The van der Waals surface area contributed by atoms with Gasteiger partial charge < -0.3 is 35.6 Å². The van der Waals surface area contributed by atoms with Crippen LogP contribution < -0.4 is 5.32 Å². The van der Waals surface area contributed by atoms with Gasteiger partial charge in [0.2, 0.25) is 11.6 Å². The zero-order chi connectivity index (χ0) is 30.4. The molecule has 0 unspecified atom stereocenters. The Labute approximate surface area is 238 Å². The number of phenols is 3. The highest BCUT2D eigenvalue weighted by Gasteiger charge is 2.62. The second-order valence-electron chi connectivity index (χ2n) is 10.5. The van der Waals surface area contributed by atoms with Crippen LogP contribution in [0.5, 0.6) is 17.2 Å². The molecule has 2 aromatic carbocycles. The molecular weight excluding hydrogens is 546 g/mol. The second-order valence-corrected chi connectivity index (χ2v) is 10.5. The SMILES string of the molecule is COC1=C(C(=O)O)[C@H](C)[C@]2(O)[C@@H]3C#CC(=N)N(C)C#C[C@H]1[C@H]2c1cc(O)c2c(c1N3)C(=O)c1c(O)ccc(O)c1C2=O. The number of aliphatic carboxylic acids is 1. The Hall–Kier alpha value is -5.46. The lowest BCUT2D eigenvalue weighted by atomic mass is 9.56. The van der Waals surface area contributed by atoms with Crippen molar-refractivity contribution >= 4 is 29.1 Å². The second kappa shape index (κ2) is 8.77. The van der Waals surface area contributed by atoms with Crippen LogP contribution in [-0.4, -0.2) is 79.6 Å². The Morgan fingerprint density at radius 2 is 1.64 bits per heavy atom. The van der Waals surface area contributed by atoms with Crippen molar-refractivity contribution in [1.29, 1.82) is 5.41 Å². The fourth-order valence-corrected chi connectivity index (χ4v) is 6.53. The Bertz CT molecular complexity index is 1850. The number of carboxylic acid groups (broad SMARTS) is 1. The summed E-state index contributed by atoms with van der Waals surface area (Å²) in [7, 11) is 2.75. The fraction of sp³-hybridized carbons (Fsp3) is 0.267. The first-order valence-corrected chi connectivity index (χ1v) is 12.7. The number of ether oxygens (including phenoxy) is 1. The van der Waals surface area contributed by atoms with Crippen LogP contribution in [0.2, 0.25) is 0 Å². The van der Waals surface area contributed by atoms with Gasteiger partial charge in [-0.25, -0.2) is 4.79 Å². The molecule has 7 N–H and O–H groups in total. The Kier molecular flexibility index (Phi) is 5.58. The molecule has 2 aromatic rings. The highest BCUT2D eigenvalue weighted by Crippen LogP contribution is 2.58. The smallest absolute Gasteiger partial charge is 0.335 e. The molecular formula is C30H23N3O9. The third-order valence-electron chi connectivity index (χ3n) is 8.51. The van der Waals surface area contributed by atoms with E-state index in [0.717, 1.165) is 12.1 Å². The Morgan fingerprint density at radius 1 is 1.05 bits per heavy atom. The van der Waals surface area contributed by atoms with Gasteiger partial charge >= 0.3 is 5.97 Å². The number of allylic oxidation sites excluding steroid dienone is 1. The van der Waals surface area contributed by atoms with Gasteiger partial charge in [0.05, 0.1) is 46.5 Å². The maximum atomic E-state index is 13.9. The van der Waals surface area contributed by atoms with Crippen LogP contribution >= 0.6 is 0 Å². The molecule has 0 fully saturated rings. The van der Waals surface area contributed by atoms with Crippen LogP contribution in [0.15, 0.2) is 29.5 Å². The van der Waals surface area contributed by atoms with Gasteiger partial charge in [0.1, 0.15) is 34.7 Å². The number of hydrogen-bond acceptors (Lipinski definition) is 10. The lowest BCUT2D eigenvalue weighted by Crippen LogP contribution is -2.63. The monoisotopic (exact) mass is 569 g/mol. The molecule has 2 aliphatic carbocycles. The molecule has 2 heterocycles. The van der Waals surface area contributed by atoms with E-state index in [4.69, 9.17) is 10.1 Å². The maximum Gasteiger partial charge on any atom is 0.335 e. The van der Waals surface area contributed by atoms with E-state index in [1.54, 1.807) is 0 Å². The van der Waals surface area contributed by atoms with E-state index in [1.807, 2.05) is 0 Å². The quantitative estimate of drug-likeness (QED) is 0.173. The van der Waals surface area contributed by atoms with Crippen LogP contribution in [0.25, 0.3) is 0 Å². The molecule has 12 heteroatoms. The molecule has 5 atom stereocenters. The van der Waals surface area contributed by atoms with Crippen LogP contribution in [0.3, 0.4) is 0 Å². The van der Waals surface area contributed by atoms with Gasteiger partial charge in [-0.15, -0.1) is 0 Å². The largest absolute Gasteiger partial charge is 0.507 e. The van der Waals surface area contributed by atoms with Crippen molar-refractivity contribution in [3.05, 3.63) is 57.3 Å². The van der Waals surface area contributed by atoms with Crippen molar-refractivity contribution in [1.82, 2.24) is 4.90 Å². The van der Waals surface area contributed by atoms with Crippen LogP contribution in [0, 0.1) is 41.1 Å². The summed E-state index contributed by atoms with van der Waals surface area (Å²) in [6, 6.07) is 4.73. The van der Waals surface area contributed by atoms with E-state index in [1.165, 1.54) is 32.0 Å². The van der Waals surface area contributed by atoms with Crippen LogP contribution in [0.4, 0.5) is 5.69 Å². The zero-order valence-electron chi connectivity index (χ0n) is 22.4. The highest BCUT2D eigenvalue weighted by molar-refractivity contribution is 6.33. The minimum Gasteiger partial charge on any atom is -0.507 e. The molecule has 4 aliphatic rings. The van der Waals surface area contributed by atoms with E-state index < -0.39 is 80.9 Å². The lowest BCUT2D eigenvalue weighted by Gasteiger charge is -2.54. The predicted octanol–water partition coefficient (Wildman–Crippen LogP) is 1.33. The Morgan fingerprint density at radius 3 is 2.24 bits per heavy atom. The van der Waals surface area contributed by atoms with Gasteiger partial charge in [-0.3, -0.25) is 19.9 Å². The van der Waals surface area contributed by atoms with Crippen molar-refractivity contribution < 1.29 is 44.7 Å². The summed E-state index contributed by atoms with van der Waals surface area (Å²) in [5.74, 6) is -0.357. The number of carbonyl (C=O) groups excluding carboxylic acids is 2. The fourth-order valence-electron chi connectivity index (χ4n) is 6.53. The molecule has 2 aliphatic heterocycles. The molecule has 0 saturated carbocycles. The average Bonchev–Trinajstić information content (AvgIpc) is 2.94. The van der Waals surface area contributed by atoms with E-state index in [2.05, 4.69) is 29.1 Å². The first-order valence-electron chi connectivity index (χ1n) is 12.7. The number of nitrogens with zero attached hydrogens (tertiary/aromatic N) is 1. The predicted molar refractivity (Wildman–Crippen MR) is 145 cm³/mol. The molecule has 12 nitrogen and oxygen atoms in total. The number of benzene rings is 2. The number of amidine groups is 1. The highest BCUT2D eigenvalue weighted by atomic mass is 16.5. The van der Waals surface area contributed by atoms with Gasteiger partial charge in [-0.05, 0) is 29.7 Å². The van der Waals surface area contributed by atoms with Gasteiger partial charge in [-0.1, -0.05) is 18.8 Å². The topological polar surface area (TPSA) is 201 Å². The molecule has 4 bridgehead atoms. The minimum absolute atomic E-state index is 0.00259. The van der Waals surface area contributed by atoms with E-state index in [9.17, 15) is 39.9 Å². The molecule has 6 rings (SSSR count). The number of ketones is 2. The number of fused-ring (bicyclic) bond motifs is 4. The number of anilines is 1. The van der Waals surface area contributed by atoms with E-state index in [-0.39, 0.29) is 34.0 Å². The lowest BCUT2D eigenvalue weighted by molar-refractivity contribution is -0.137. The average molecular weight is 570 g/mol. The molecule has 0 radical (unpaired) electrons. The van der Waals surface area contributed by atoms with Crippen molar-refractivity contribution in [2.24, 2.45) is 11.8 Å². The summed E-state index contributed by atoms with van der Waals surface area (Å²) in [4.78, 5) is 41.2. The third-order valence-corrected chi connectivity index (χ3v) is 8.51. The number of nitrogens with one attached hydrogen (secondary N) is 2. The molecule has 0 saturated heterocycles. The van der Waals surface area contributed by atoms with E-state index in [0.29, 0.717) is 0 Å². The van der Waals surface area contributed by atoms with E-state index >= 15 is 0 Å². The van der Waals surface area contributed by atoms with Crippen LogP contribution in [-0.2, 0) is 9.53 Å². The summed E-state index contributed by atoms with van der Waals surface area (Å²) in [5, 5.41) is 66.0. The molecule has 0 amide bonds. The number of rotatable bonds is 2. The number of carboxylic acids is 1. The number of aromatic hydroxyl groups is 3. The summed E-state index contributed by atoms with van der Waals surface area (Å²) in [6.45, 7) is 1.48. The molecule has 212 valence electrons. The van der Waals surface area contributed by atoms with Gasteiger partial charge in [0, 0.05) is 24.9 Å². The summed E-state index contributed by atoms with van der Waals surface area (Å²) in [6.07, 6.45) is 0. The Balaban J connectivity index is 1.73. The summed E-state index contributed by atoms with van der Waals surface area (Å²) >= 11 is 0. The molecule has 42 heavy (non-hydrogen) atoms.